The van der Waals surface area contributed by atoms with Crippen LogP contribution in [0.5, 0.6) is 0 Å². The molecule has 0 aliphatic rings. The minimum Gasteiger partial charge on any atom is -0.336 e. The average molecular weight is 407 g/mol. The van der Waals surface area contributed by atoms with Crippen LogP contribution in [-0.2, 0) is 7.05 Å². The SMILES string of the molecule is Cc1ncc(-c2cnc3[nH]nc(-c4nc5c(-c6cccnc6)nccc5[nH]4)c3c2)n1C. The molecule has 31 heavy (non-hydrogen) atoms. The number of hydrogen-bond acceptors (Lipinski definition) is 6. The molecule has 0 bridgehead atoms. The Morgan fingerprint density at radius 1 is 0.935 bits per heavy atom. The summed E-state index contributed by atoms with van der Waals surface area (Å²) in [7, 11) is 1.99. The molecule has 0 aromatic carbocycles. The highest BCUT2D eigenvalue weighted by Gasteiger charge is 2.17. The molecule has 0 unspecified atom stereocenters. The van der Waals surface area contributed by atoms with Gasteiger partial charge < -0.3 is 9.55 Å². The third-order valence-corrected chi connectivity index (χ3v) is 5.49. The van der Waals surface area contributed by atoms with Crippen LogP contribution in [0.4, 0.5) is 0 Å². The second kappa shape index (κ2) is 6.56. The van der Waals surface area contributed by atoms with E-state index >= 15 is 0 Å². The Kier molecular flexibility index (Phi) is 3.69. The number of pyridine rings is 3. The molecule has 0 saturated heterocycles. The van der Waals surface area contributed by atoms with E-state index in [1.807, 2.05) is 49.1 Å². The Morgan fingerprint density at radius 2 is 1.87 bits per heavy atom. The molecule has 0 aliphatic heterocycles. The smallest absolute Gasteiger partial charge is 0.159 e. The molecule has 9 nitrogen and oxygen atoms in total. The van der Waals surface area contributed by atoms with E-state index < -0.39 is 0 Å². The number of nitrogens with one attached hydrogen (secondary N) is 2. The van der Waals surface area contributed by atoms with E-state index in [0.29, 0.717) is 17.2 Å². The molecule has 0 fully saturated rings. The zero-order chi connectivity index (χ0) is 20.9. The van der Waals surface area contributed by atoms with Gasteiger partial charge in [-0.3, -0.25) is 15.1 Å². The van der Waals surface area contributed by atoms with Crippen LogP contribution < -0.4 is 0 Å². The van der Waals surface area contributed by atoms with E-state index in [1.165, 1.54) is 0 Å². The van der Waals surface area contributed by atoms with Crippen molar-refractivity contribution in [1.29, 1.82) is 0 Å². The number of rotatable bonds is 3. The highest BCUT2D eigenvalue weighted by molar-refractivity contribution is 5.96. The van der Waals surface area contributed by atoms with Crippen LogP contribution in [0, 0.1) is 6.92 Å². The summed E-state index contributed by atoms with van der Waals surface area (Å²) in [4.78, 5) is 25.9. The van der Waals surface area contributed by atoms with E-state index in [4.69, 9.17) is 4.98 Å². The van der Waals surface area contributed by atoms with Crippen molar-refractivity contribution in [2.24, 2.45) is 7.05 Å². The maximum absolute atomic E-state index is 4.83. The Labute approximate surface area is 176 Å². The van der Waals surface area contributed by atoms with Gasteiger partial charge in [-0.05, 0) is 31.2 Å². The normalized spacial score (nSPS) is 11.5. The van der Waals surface area contributed by atoms with Gasteiger partial charge in [0, 0.05) is 43.0 Å². The van der Waals surface area contributed by atoms with Gasteiger partial charge >= 0.3 is 0 Å². The quantitative estimate of drug-likeness (QED) is 0.463. The summed E-state index contributed by atoms with van der Waals surface area (Å²) >= 11 is 0. The first-order valence-corrected chi connectivity index (χ1v) is 9.77. The van der Waals surface area contributed by atoms with Crippen molar-refractivity contribution < 1.29 is 0 Å². The number of fused-ring (bicyclic) bond motifs is 2. The highest BCUT2D eigenvalue weighted by Crippen LogP contribution is 2.31. The van der Waals surface area contributed by atoms with Crippen molar-refractivity contribution in [3.8, 4) is 34.0 Å². The molecule has 6 rings (SSSR count). The first kappa shape index (κ1) is 17.5. The van der Waals surface area contributed by atoms with Crippen LogP contribution in [-0.4, -0.2) is 44.7 Å². The van der Waals surface area contributed by atoms with Crippen molar-refractivity contribution in [2.45, 2.75) is 6.92 Å². The number of hydrogen-bond donors (Lipinski definition) is 2. The predicted octanol–water partition coefficient (Wildman–Crippen LogP) is 3.67. The second-order valence-corrected chi connectivity index (χ2v) is 7.32. The molecule has 2 N–H and O–H groups in total. The van der Waals surface area contributed by atoms with Gasteiger partial charge in [-0.1, -0.05) is 0 Å². The van der Waals surface area contributed by atoms with Crippen LogP contribution in [0.2, 0.25) is 0 Å². The Hall–Kier alpha value is -4.40. The first-order chi connectivity index (χ1) is 15.2. The van der Waals surface area contributed by atoms with Gasteiger partial charge in [-0.2, -0.15) is 5.10 Å². The van der Waals surface area contributed by atoms with E-state index in [0.717, 1.165) is 44.8 Å². The molecular formula is C22H17N9. The average Bonchev–Trinajstić information content (AvgIpc) is 3.50. The lowest BCUT2D eigenvalue weighted by molar-refractivity contribution is 0.865. The lowest BCUT2D eigenvalue weighted by Crippen LogP contribution is -1.94. The number of imidazole rings is 2. The summed E-state index contributed by atoms with van der Waals surface area (Å²) < 4.78 is 2.04. The molecule has 150 valence electrons. The summed E-state index contributed by atoms with van der Waals surface area (Å²) in [6.07, 6.45) is 8.96. The molecule has 9 heteroatoms. The van der Waals surface area contributed by atoms with E-state index in [-0.39, 0.29) is 0 Å². The highest BCUT2D eigenvalue weighted by atomic mass is 15.2. The third kappa shape index (κ3) is 2.71. The van der Waals surface area contributed by atoms with Crippen LogP contribution in [0.15, 0.2) is 55.2 Å². The van der Waals surface area contributed by atoms with Crippen molar-refractivity contribution in [3.63, 3.8) is 0 Å². The van der Waals surface area contributed by atoms with Gasteiger partial charge in [0.25, 0.3) is 0 Å². The lowest BCUT2D eigenvalue weighted by Gasteiger charge is -2.03. The zero-order valence-electron chi connectivity index (χ0n) is 16.8. The lowest BCUT2D eigenvalue weighted by atomic mass is 10.1. The van der Waals surface area contributed by atoms with E-state index in [9.17, 15) is 0 Å². The van der Waals surface area contributed by atoms with E-state index in [1.54, 1.807) is 18.6 Å². The summed E-state index contributed by atoms with van der Waals surface area (Å²) in [6, 6.07) is 7.82. The summed E-state index contributed by atoms with van der Waals surface area (Å²) in [5.74, 6) is 1.59. The molecule has 6 aromatic heterocycles. The molecule has 6 heterocycles. The molecular weight excluding hydrogens is 390 g/mol. The molecule has 0 aliphatic carbocycles. The molecule has 0 spiro atoms. The largest absolute Gasteiger partial charge is 0.336 e. The van der Waals surface area contributed by atoms with Crippen molar-refractivity contribution in [2.75, 3.05) is 0 Å². The molecule has 6 aromatic rings. The number of H-pyrrole nitrogens is 2. The topological polar surface area (TPSA) is 114 Å². The van der Waals surface area contributed by atoms with Crippen LogP contribution in [0.25, 0.3) is 56.1 Å². The van der Waals surface area contributed by atoms with E-state index in [2.05, 4.69) is 41.2 Å². The Balaban J connectivity index is 1.52. The second-order valence-electron chi connectivity index (χ2n) is 7.32. The fourth-order valence-corrected chi connectivity index (χ4v) is 3.76. The van der Waals surface area contributed by atoms with Crippen molar-refractivity contribution in [3.05, 3.63) is 61.1 Å². The summed E-state index contributed by atoms with van der Waals surface area (Å²) in [5.41, 5.74) is 6.70. The minimum absolute atomic E-state index is 0.652. The van der Waals surface area contributed by atoms with Crippen molar-refractivity contribution >= 4 is 22.1 Å². The Morgan fingerprint density at radius 3 is 2.68 bits per heavy atom. The fourth-order valence-electron chi connectivity index (χ4n) is 3.76. The zero-order valence-corrected chi connectivity index (χ0v) is 16.8. The first-order valence-electron chi connectivity index (χ1n) is 9.77. The van der Waals surface area contributed by atoms with Crippen LogP contribution >= 0.6 is 0 Å². The number of nitrogens with zero attached hydrogens (tertiary/aromatic N) is 7. The number of aryl methyl sites for hydroxylation is 1. The molecule has 0 atom stereocenters. The molecule has 0 radical (unpaired) electrons. The van der Waals surface area contributed by atoms with Gasteiger partial charge in [-0.25, -0.2) is 15.0 Å². The standard InChI is InChI=1S/C22H17N9/c1-12-25-11-17(31(12)2)14-8-15-19(29-30-21(15)26-10-14)22-27-16-5-7-24-18(20(16)28-22)13-4-3-6-23-9-13/h3-11H,1-2H3,(H,27,28)(H,26,29,30). The van der Waals surface area contributed by atoms with Gasteiger partial charge in [-0.15, -0.1) is 0 Å². The molecule has 0 amide bonds. The number of aromatic nitrogens is 9. The van der Waals surface area contributed by atoms with Gasteiger partial charge in [0.2, 0.25) is 0 Å². The molecule has 0 saturated carbocycles. The summed E-state index contributed by atoms with van der Waals surface area (Å²) in [5, 5.41) is 8.38. The van der Waals surface area contributed by atoms with Crippen molar-refractivity contribution in [1.82, 2.24) is 44.7 Å². The Bertz CT molecular complexity index is 1560. The van der Waals surface area contributed by atoms with Gasteiger partial charge in [0.05, 0.1) is 28.5 Å². The maximum Gasteiger partial charge on any atom is 0.159 e. The predicted molar refractivity (Wildman–Crippen MR) is 117 cm³/mol. The monoisotopic (exact) mass is 407 g/mol. The maximum atomic E-state index is 4.83. The minimum atomic E-state index is 0.652. The number of aromatic amines is 2. The summed E-state index contributed by atoms with van der Waals surface area (Å²) in [6.45, 7) is 1.97. The van der Waals surface area contributed by atoms with Gasteiger partial charge in [0.1, 0.15) is 17.0 Å². The third-order valence-electron chi connectivity index (χ3n) is 5.49. The van der Waals surface area contributed by atoms with Crippen LogP contribution in [0.3, 0.4) is 0 Å². The fraction of sp³-hybridized carbons (Fsp3) is 0.0909. The van der Waals surface area contributed by atoms with Gasteiger partial charge in [0.15, 0.2) is 11.5 Å². The van der Waals surface area contributed by atoms with Crippen LogP contribution in [0.1, 0.15) is 5.82 Å².